The molecule has 0 saturated heterocycles. The minimum absolute atomic E-state index is 0.00607. The molecule has 5 nitrogen and oxygen atoms in total. The van der Waals surface area contributed by atoms with Gasteiger partial charge in [-0.25, -0.2) is 0 Å². The second-order valence-corrected chi connectivity index (χ2v) is 3.45. The molecule has 0 aromatic heterocycles. The predicted molar refractivity (Wildman–Crippen MR) is 54.4 cm³/mol. The monoisotopic (exact) mass is 211 g/mol. The summed E-state index contributed by atoms with van der Waals surface area (Å²) in [6, 6.07) is 3.02. The van der Waals surface area contributed by atoms with Crippen molar-refractivity contribution >= 4 is 5.69 Å². The number of nitrogens with one attached hydrogen (secondary N) is 1. The van der Waals surface area contributed by atoms with Crippen molar-refractivity contribution in [2.24, 2.45) is 0 Å². The van der Waals surface area contributed by atoms with Crippen molar-refractivity contribution in [2.45, 2.75) is 13.0 Å². The third-order valence-corrected chi connectivity index (χ3v) is 2.17. The van der Waals surface area contributed by atoms with Gasteiger partial charge in [-0.05, 0) is 6.92 Å². The Morgan fingerprint density at radius 1 is 1.40 bits per heavy atom. The highest BCUT2D eigenvalue weighted by Crippen LogP contribution is 2.40. The van der Waals surface area contributed by atoms with E-state index in [0.29, 0.717) is 17.2 Å². The van der Waals surface area contributed by atoms with Gasteiger partial charge in [0.1, 0.15) is 5.75 Å². The number of fused-ring (bicyclic) bond motifs is 1. The van der Waals surface area contributed by atoms with Crippen LogP contribution in [-0.2, 0) is 0 Å². The Morgan fingerprint density at radius 2 is 2.07 bits per heavy atom. The van der Waals surface area contributed by atoms with Gasteiger partial charge >= 0.3 is 0 Å². The molecule has 1 unspecified atom stereocenters. The van der Waals surface area contributed by atoms with E-state index < -0.39 is 0 Å². The van der Waals surface area contributed by atoms with Gasteiger partial charge in [0.15, 0.2) is 11.5 Å². The zero-order valence-corrected chi connectivity index (χ0v) is 8.36. The second-order valence-electron chi connectivity index (χ2n) is 3.45. The smallest absolute Gasteiger partial charge is 0.231 e. The molecule has 0 radical (unpaired) electrons. The van der Waals surface area contributed by atoms with Gasteiger partial charge in [0.2, 0.25) is 6.79 Å². The van der Waals surface area contributed by atoms with Crippen LogP contribution in [0.3, 0.4) is 0 Å². The molecule has 1 aromatic rings. The lowest BCUT2D eigenvalue weighted by atomic mass is 10.2. The van der Waals surface area contributed by atoms with E-state index in [0.717, 1.165) is 0 Å². The Kier molecular flexibility index (Phi) is 2.55. The molecule has 1 heterocycles. The van der Waals surface area contributed by atoms with Gasteiger partial charge in [0, 0.05) is 18.2 Å². The first-order valence-corrected chi connectivity index (χ1v) is 4.70. The van der Waals surface area contributed by atoms with Crippen LogP contribution in [0, 0.1) is 0 Å². The second kappa shape index (κ2) is 3.86. The van der Waals surface area contributed by atoms with E-state index in [1.807, 2.05) is 6.92 Å². The molecule has 0 fully saturated rings. The van der Waals surface area contributed by atoms with E-state index >= 15 is 0 Å². The largest absolute Gasteiger partial charge is 0.506 e. The number of hydrogen-bond donors (Lipinski definition) is 3. The highest BCUT2D eigenvalue weighted by molar-refractivity contribution is 5.64. The first kappa shape index (κ1) is 9.92. The van der Waals surface area contributed by atoms with Crippen LogP contribution in [0.5, 0.6) is 17.2 Å². The highest BCUT2D eigenvalue weighted by Gasteiger charge is 2.17. The van der Waals surface area contributed by atoms with Crippen LogP contribution in [0.25, 0.3) is 0 Å². The predicted octanol–water partition coefficient (Wildman–Crippen LogP) is 0.914. The van der Waals surface area contributed by atoms with E-state index in [1.54, 1.807) is 6.07 Å². The molecule has 0 amide bonds. The van der Waals surface area contributed by atoms with Crippen molar-refractivity contribution in [2.75, 3.05) is 18.7 Å². The first-order valence-electron chi connectivity index (χ1n) is 4.70. The van der Waals surface area contributed by atoms with Gasteiger partial charge in [0.25, 0.3) is 0 Å². The Labute approximate surface area is 87.3 Å². The van der Waals surface area contributed by atoms with Crippen molar-refractivity contribution in [3.63, 3.8) is 0 Å². The van der Waals surface area contributed by atoms with Crippen molar-refractivity contribution in [3.8, 4) is 17.2 Å². The molecule has 1 aliphatic rings. The van der Waals surface area contributed by atoms with E-state index in [4.69, 9.17) is 14.6 Å². The average molecular weight is 211 g/mol. The maximum atomic E-state index is 9.64. The number of phenolic OH excluding ortho intramolecular Hbond substituents is 1. The van der Waals surface area contributed by atoms with Gasteiger partial charge in [-0.15, -0.1) is 0 Å². The van der Waals surface area contributed by atoms with E-state index in [9.17, 15) is 5.11 Å². The lowest BCUT2D eigenvalue weighted by Gasteiger charge is -2.13. The molecule has 1 aliphatic heterocycles. The highest BCUT2D eigenvalue weighted by atomic mass is 16.7. The molecule has 82 valence electrons. The number of phenols is 1. The summed E-state index contributed by atoms with van der Waals surface area (Å²) in [5, 5.41) is 21.5. The Bertz CT molecular complexity index is 367. The molecule has 0 bridgehead atoms. The van der Waals surface area contributed by atoms with Crippen LogP contribution in [0.1, 0.15) is 6.92 Å². The quantitative estimate of drug-likeness (QED) is 0.648. The van der Waals surface area contributed by atoms with Crippen molar-refractivity contribution in [3.05, 3.63) is 12.1 Å². The summed E-state index contributed by atoms with van der Waals surface area (Å²) in [5.41, 5.74) is 0.529. The molecule has 0 aliphatic carbocycles. The number of benzene rings is 1. The van der Waals surface area contributed by atoms with Crippen LogP contribution in [0.15, 0.2) is 12.1 Å². The average Bonchev–Trinajstić information content (AvgIpc) is 2.65. The van der Waals surface area contributed by atoms with Crippen molar-refractivity contribution in [1.82, 2.24) is 0 Å². The van der Waals surface area contributed by atoms with Gasteiger partial charge < -0.3 is 25.0 Å². The zero-order chi connectivity index (χ0) is 10.8. The molecule has 5 heteroatoms. The van der Waals surface area contributed by atoms with Crippen LogP contribution in [0.4, 0.5) is 5.69 Å². The maximum Gasteiger partial charge on any atom is 0.231 e. The lowest BCUT2D eigenvalue weighted by Crippen LogP contribution is -2.19. The van der Waals surface area contributed by atoms with Gasteiger partial charge in [0.05, 0.1) is 12.3 Å². The lowest BCUT2D eigenvalue weighted by molar-refractivity contribution is 0.174. The summed E-state index contributed by atoms with van der Waals surface area (Å²) in [6.45, 7) is 1.98. The van der Waals surface area contributed by atoms with Crippen LogP contribution >= 0.6 is 0 Å². The number of aliphatic hydroxyl groups is 1. The SMILES string of the molecule is CC(CO)Nc1cc2c(cc1O)OCO2. The fourth-order valence-electron chi connectivity index (χ4n) is 1.36. The molecule has 2 rings (SSSR count). The molecule has 0 saturated carbocycles. The molecular formula is C10H13NO4. The van der Waals surface area contributed by atoms with Crippen LogP contribution in [-0.4, -0.2) is 29.7 Å². The molecule has 3 N–H and O–H groups in total. The van der Waals surface area contributed by atoms with E-state index in [2.05, 4.69) is 5.32 Å². The maximum absolute atomic E-state index is 9.64. The fourth-order valence-corrected chi connectivity index (χ4v) is 1.36. The zero-order valence-electron chi connectivity index (χ0n) is 8.36. The Morgan fingerprint density at radius 3 is 2.73 bits per heavy atom. The van der Waals surface area contributed by atoms with Gasteiger partial charge in [-0.2, -0.15) is 0 Å². The number of rotatable bonds is 3. The summed E-state index contributed by atoms with van der Waals surface area (Å²) in [7, 11) is 0. The van der Waals surface area contributed by atoms with E-state index in [1.165, 1.54) is 6.07 Å². The number of ether oxygens (including phenoxy) is 2. The summed E-state index contributed by atoms with van der Waals surface area (Å²) in [4.78, 5) is 0. The third-order valence-electron chi connectivity index (χ3n) is 2.17. The van der Waals surface area contributed by atoms with Crippen molar-refractivity contribution < 1.29 is 19.7 Å². The Balaban J connectivity index is 2.24. The first-order chi connectivity index (χ1) is 7.20. The third kappa shape index (κ3) is 1.92. The van der Waals surface area contributed by atoms with Crippen molar-refractivity contribution in [1.29, 1.82) is 0 Å². The number of anilines is 1. The van der Waals surface area contributed by atoms with Crippen LogP contribution < -0.4 is 14.8 Å². The fraction of sp³-hybridized carbons (Fsp3) is 0.400. The minimum atomic E-state index is -0.128. The molecule has 15 heavy (non-hydrogen) atoms. The van der Waals surface area contributed by atoms with Crippen LogP contribution in [0.2, 0.25) is 0 Å². The number of aromatic hydroxyl groups is 1. The standard InChI is InChI=1S/C10H13NO4/c1-6(4-12)11-7-2-9-10(3-8(7)13)15-5-14-9/h2-3,6,11-13H,4-5H2,1H3. The summed E-state index contributed by atoms with van der Waals surface area (Å²) in [5.74, 6) is 1.22. The summed E-state index contributed by atoms with van der Waals surface area (Å²) in [6.07, 6.45) is 0. The Hall–Kier alpha value is -1.62. The van der Waals surface area contributed by atoms with E-state index in [-0.39, 0.29) is 25.2 Å². The minimum Gasteiger partial charge on any atom is -0.506 e. The number of aliphatic hydroxyl groups excluding tert-OH is 1. The normalized spacial score (nSPS) is 15.1. The van der Waals surface area contributed by atoms with Gasteiger partial charge in [-0.3, -0.25) is 0 Å². The summed E-state index contributed by atoms with van der Waals surface area (Å²) >= 11 is 0. The topological polar surface area (TPSA) is 71.0 Å². The van der Waals surface area contributed by atoms with Gasteiger partial charge in [-0.1, -0.05) is 0 Å². The molecular weight excluding hydrogens is 198 g/mol. The number of hydrogen-bond acceptors (Lipinski definition) is 5. The molecule has 0 spiro atoms. The molecule has 1 aromatic carbocycles. The molecule has 1 atom stereocenters. The summed E-state index contributed by atoms with van der Waals surface area (Å²) < 4.78 is 10.3.